The van der Waals surface area contributed by atoms with Crippen LogP contribution in [0.15, 0.2) is 27.1 Å². The maximum absolute atomic E-state index is 11.9. The number of halogens is 2. The molecule has 1 nitrogen and oxygen atoms in total. The Hall–Kier alpha value is -0.150. The molecular weight excluding hydrogens is 308 g/mol. The molecule has 0 aliphatic rings. The van der Waals surface area contributed by atoms with E-state index < -0.39 is 0 Å². The number of hydrogen-bond acceptors (Lipinski definition) is 1. The van der Waals surface area contributed by atoms with Crippen molar-refractivity contribution in [1.29, 1.82) is 0 Å². The molecule has 0 atom stereocenters. The van der Waals surface area contributed by atoms with Crippen molar-refractivity contribution in [2.24, 2.45) is 5.41 Å². The Morgan fingerprint density at radius 1 is 1.07 bits per heavy atom. The van der Waals surface area contributed by atoms with E-state index in [2.05, 4.69) is 31.9 Å². The van der Waals surface area contributed by atoms with Gasteiger partial charge in [-0.15, -0.1) is 0 Å². The number of carbonyl (C=O) groups excluding carboxylic acids is 1. The van der Waals surface area contributed by atoms with Gasteiger partial charge in [-0.2, -0.15) is 0 Å². The number of rotatable bonds is 1. The van der Waals surface area contributed by atoms with Crippen LogP contribution in [0.3, 0.4) is 0 Å². The number of hydrogen-bond donors (Lipinski definition) is 0. The third kappa shape index (κ3) is 2.92. The van der Waals surface area contributed by atoms with Crippen LogP contribution in [0.1, 0.15) is 31.1 Å². The van der Waals surface area contributed by atoms with Crippen molar-refractivity contribution in [2.75, 3.05) is 0 Å². The lowest BCUT2D eigenvalue weighted by Gasteiger charge is -2.16. The first-order valence-corrected chi connectivity index (χ1v) is 5.90. The van der Waals surface area contributed by atoms with E-state index in [9.17, 15) is 4.79 Å². The maximum Gasteiger partial charge on any atom is 0.168 e. The molecule has 0 amide bonds. The van der Waals surface area contributed by atoms with Gasteiger partial charge >= 0.3 is 0 Å². The Balaban J connectivity index is 3.14. The van der Waals surface area contributed by atoms with E-state index in [4.69, 9.17) is 0 Å². The molecule has 0 saturated carbocycles. The summed E-state index contributed by atoms with van der Waals surface area (Å²) in [6.45, 7) is 5.76. The van der Waals surface area contributed by atoms with Gasteiger partial charge in [0.2, 0.25) is 0 Å². The smallest absolute Gasteiger partial charge is 0.168 e. The summed E-state index contributed by atoms with van der Waals surface area (Å²) in [5.74, 6) is 0.152. The van der Waals surface area contributed by atoms with E-state index in [-0.39, 0.29) is 11.2 Å². The van der Waals surface area contributed by atoms with Gasteiger partial charge in [-0.25, -0.2) is 0 Å². The summed E-state index contributed by atoms with van der Waals surface area (Å²) < 4.78 is 1.83. The van der Waals surface area contributed by atoms with E-state index in [1.165, 1.54) is 0 Å². The highest BCUT2D eigenvalue weighted by atomic mass is 79.9. The SMILES string of the molecule is CC(C)(C)C(=O)c1cc(Br)cc(Br)c1. The molecule has 0 aliphatic heterocycles. The van der Waals surface area contributed by atoms with Crippen LogP contribution >= 0.6 is 31.9 Å². The molecule has 76 valence electrons. The van der Waals surface area contributed by atoms with Gasteiger partial charge in [0.05, 0.1) is 0 Å². The van der Waals surface area contributed by atoms with Crippen molar-refractivity contribution in [2.45, 2.75) is 20.8 Å². The molecule has 1 rings (SSSR count). The zero-order valence-electron chi connectivity index (χ0n) is 8.40. The van der Waals surface area contributed by atoms with Gasteiger partial charge in [0.15, 0.2) is 5.78 Å². The van der Waals surface area contributed by atoms with Crippen molar-refractivity contribution in [1.82, 2.24) is 0 Å². The Kier molecular flexibility index (Phi) is 3.53. The van der Waals surface area contributed by atoms with E-state index >= 15 is 0 Å². The van der Waals surface area contributed by atoms with Crippen molar-refractivity contribution in [3.63, 3.8) is 0 Å². The predicted octanol–water partition coefficient (Wildman–Crippen LogP) is 4.44. The molecule has 0 bridgehead atoms. The summed E-state index contributed by atoms with van der Waals surface area (Å²) in [4.78, 5) is 11.9. The second-order valence-corrected chi connectivity index (χ2v) is 6.07. The average molecular weight is 320 g/mol. The van der Waals surface area contributed by atoms with Gasteiger partial charge in [-0.1, -0.05) is 52.6 Å². The Morgan fingerprint density at radius 2 is 1.50 bits per heavy atom. The molecule has 0 N–H and O–H groups in total. The van der Waals surface area contributed by atoms with Crippen LogP contribution in [-0.2, 0) is 0 Å². The normalized spacial score (nSPS) is 11.5. The monoisotopic (exact) mass is 318 g/mol. The first-order chi connectivity index (χ1) is 6.30. The summed E-state index contributed by atoms with van der Waals surface area (Å²) >= 11 is 6.73. The summed E-state index contributed by atoms with van der Waals surface area (Å²) in [7, 11) is 0. The van der Waals surface area contributed by atoms with E-state index in [0.717, 1.165) is 14.5 Å². The molecule has 0 unspecified atom stereocenters. The lowest BCUT2D eigenvalue weighted by atomic mass is 9.87. The molecule has 0 fully saturated rings. The Bertz CT molecular complexity index is 344. The van der Waals surface area contributed by atoms with Crippen LogP contribution in [0.4, 0.5) is 0 Å². The highest BCUT2D eigenvalue weighted by Gasteiger charge is 2.23. The van der Waals surface area contributed by atoms with Crippen LogP contribution in [0.25, 0.3) is 0 Å². The first kappa shape index (κ1) is 11.9. The van der Waals surface area contributed by atoms with Crippen LogP contribution in [-0.4, -0.2) is 5.78 Å². The minimum absolute atomic E-state index is 0.152. The van der Waals surface area contributed by atoms with Gasteiger partial charge < -0.3 is 0 Å². The van der Waals surface area contributed by atoms with Crippen LogP contribution in [0.5, 0.6) is 0 Å². The lowest BCUT2D eigenvalue weighted by molar-refractivity contribution is 0.0858. The molecular formula is C11H12Br2O. The summed E-state index contributed by atoms with van der Waals surface area (Å²) in [6.07, 6.45) is 0. The van der Waals surface area contributed by atoms with E-state index in [0.29, 0.717) is 0 Å². The molecule has 0 aromatic heterocycles. The number of ketones is 1. The topological polar surface area (TPSA) is 17.1 Å². The quantitative estimate of drug-likeness (QED) is 0.699. The molecule has 0 spiro atoms. The van der Waals surface area contributed by atoms with E-state index in [1.54, 1.807) is 0 Å². The molecule has 0 radical (unpaired) electrons. The van der Waals surface area contributed by atoms with Crippen LogP contribution < -0.4 is 0 Å². The zero-order valence-corrected chi connectivity index (χ0v) is 11.6. The van der Waals surface area contributed by atoms with Crippen molar-refractivity contribution in [3.05, 3.63) is 32.7 Å². The minimum Gasteiger partial charge on any atom is -0.294 e. The molecule has 1 aromatic carbocycles. The highest BCUT2D eigenvalue weighted by Crippen LogP contribution is 2.26. The fraction of sp³-hybridized carbons (Fsp3) is 0.364. The fourth-order valence-electron chi connectivity index (χ4n) is 1.12. The molecule has 3 heteroatoms. The van der Waals surface area contributed by atoms with Crippen molar-refractivity contribution >= 4 is 37.6 Å². The third-order valence-electron chi connectivity index (χ3n) is 1.81. The van der Waals surface area contributed by atoms with Gasteiger partial charge in [-0.3, -0.25) is 4.79 Å². The molecule has 0 saturated heterocycles. The average Bonchev–Trinajstić information content (AvgIpc) is 1.99. The molecule has 1 aromatic rings. The first-order valence-electron chi connectivity index (χ1n) is 4.31. The fourth-order valence-corrected chi connectivity index (χ4v) is 2.41. The second kappa shape index (κ2) is 4.15. The van der Waals surface area contributed by atoms with Crippen molar-refractivity contribution < 1.29 is 4.79 Å². The maximum atomic E-state index is 11.9. The van der Waals surface area contributed by atoms with Crippen LogP contribution in [0.2, 0.25) is 0 Å². The highest BCUT2D eigenvalue weighted by molar-refractivity contribution is 9.11. The minimum atomic E-state index is -0.333. The van der Waals surface area contributed by atoms with Gasteiger partial charge in [-0.05, 0) is 18.2 Å². The second-order valence-electron chi connectivity index (χ2n) is 4.24. The molecule has 14 heavy (non-hydrogen) atoms. The Morgan fingerprint density at radius 3 is 1.86 bits per heavy atom. The standard InChI is InChI=1S/C11H12Br2O/c1-11(2,3)10(14)7-4-8(12)6-9(13)5-7/h4-6H,1-3H3. The number of Topliss-reactive ketones (excluding diaryl/α,β-unsaturated/α-hetero) is 1. The largest absolute Gasteiger partial charge is 0.294 e. The summed E-state index contributed by atoms with van der Waals surface area (Å²) in [6, 6.07) is 5.61. The molecule has 0 aliphatic carbocycles. The van der Waals surface area contributed by atoms with Gasteiger partial charge in [0.25, 0.3) is 0 Å². The zero-order chi connectivity index (χ0) is 10.9. The van der Waals surface area contributed by atoms with Gasteiger partial charge in [0, 0.05) is 19.9 Å². The number of carbonyl (C=O) groups is 1. The van der Waals surface area contributed by atoms with Crippen LogP contribution in [0, 0.1) is 5.41 Å². The third-order valence-corrected chi connectivity index (χ3v) is 2.72. The number of benzene rings is 1. The molecule has 0 heterocycles. The van der Waals surface area contributed by atoms with Crippen molar-refractivity contribution in [3.8, 4) is 0 Å². The van der Waals surface area contributed by atoms with E-state index in [1.807, 2.05) is 39.0 Å². The summed E-state index contributed by atoms with van der Waals surface area (Å²) in [5.41, 5.74) is 0.402. The predicted molar refractivity (Wildman–Crippen MR) is 65.6 cm³/mol. The Labute approximate surface area is 101 Å². The lowest BCUT2D eigenvalue weighted by Crippen LogP contribution is -2.20. The van der Waals surface area contributed by atoms with Gasteiger partial charge in [0.1, 0.15) is 0 Å². The summed E-state index contributed by atoms with van der Waals surface area (Å²) in [5, 5.41) is 0.